The monoisotopic (exact) mass is 403 g/mol. The van der Waals surface area contributed by atoms with Gasteiger partial charge in [-0.25, -0.2) is 0 Å². The van der Waals surface area contributed by atoms with Gasteiger partial charge in [-0.1, -0.05) is 19.6 Å². The minimum atomic E-state index is -1.14. The molecule has 6 nitrogen and oxygen atoms in total. The third kappa shape index (κ3) is 4.64. The highest BCUT2D eigenvalue weighted by molar-refractivity contribution is 6.76. The number of hydrogen-bond donors (Lipinski definition) is 0. The van der Waals surface area contributed by atoms with Crippen molar-refractivity contribution in [2.75, 3.05) is 33.9 Å². The summed E-state index contributed by atoms with van der Waals surface area (Å²) in [5.41, 5.74) is 3.52. The molecule has 2 aromatic heterocycles. The Morgan fingerprint density at radius 1 is 1.29 bits per heavy atom. The normalized spacial score (nSPS) is 16.6. The van der Waals surface area contributed by atoms with Gasteiger partial charge in [0, 0.05) is 20.9 Å². The van der Waals surface area contributed by atoms with E-state index in [0.717, 1.165) is 55.9 Å². The van der Waals surface area contributed by atoms with Gasteiger partial charge in [0.25, 0.3) is 0 Å². The van der Waals surface area contributed by atoms with Crippen LogP contribution in [0.4, 0.5) is 0 Å². The van der Waals surface area contributed by atoms with Crippen molar-refractivity contribution in [1.29, 1.82) is 0 Å². The number of fused-ring (bicyclic) bond motifs is 1. The van der Waals surface area contributed by atoms with Crippen LogP contribution in [0.3, 0.4) is 0 Å². The zero-order valence-electron chi connectivity index (χ0n) is 17.8. The lowest BCUT2D eigenvalue weighted by atomic mass is 9.90. The number of hydrogen-bond acceptors (Lipinski definition) is 5. The van der Waals surface area contributed by atoms with Crippen LogP contribution >= 0.6 is 0 Å². The lowest BCUT2D eigenvalue weighted by molar-refractivity contribution is 0.0899. The fourth-order valence-corrected chi connectivity index (χ4v) is 4.59. The summed E-state index contributed by atoms with van der Waals surface area (Å²) in [6.45, 7) is 10.4. The predicted molar refractivity (Wildman–Crippen MR) is 115 cm³/mol. The first-order chi connectivity index (χ1) is 13.3. The molecule has 1 aliphatic heterocycles. The van der Waals surface area contributed by atoms with Crippen molar-refractivity contribution in [3.63, 3.8) is 0 Å². The molecular weight excluding hydrogens is 370 g/mol. The van der Waals surface area contributed by atoms with E-state index < -0.39 is 8.07 Å². The Morgan fingerprint density at radius 3 is 2.61 bits per heavy atom. The Labute approximate surface area is 168 Å². The first-order valence-corrected chi connectivity index (χ1v) is 13.8. The van der Waals surface area contributed by atoms with Crippen LogP contribution in [-0.4, -0.2) is 62.7 Å². The zero-order valence-corrected chi connectivity index (χ0v) is 18.8. The highest BCUT2D eigenvalue weighted by Gasteiger charge is 2.25. The second kappa shape index (κ2) is 8.76. The van der Waals surface area contributed by atoms with Crippen molar-refractivity contribution < 1.29 is 14.3 Å². The molecule has 0 atom stereocenters. The van der Waals surface area contributed by atoms with Gasteiger partial charge >= 0.3 is 0 Å². The summed E-state index contributed by atoms with van der Waals surface area (Å²) in [7, 11) is 2.60. The van der Waals surface area contributed by atoms with E-state index in [4.69, 9.17) is 9.47 Å². The highest BCUT2D eigenvalue weighted by Crippen LogP contribution is 2.36. The topological polar surface area (TPSA) is 56.6 Å². The molecule has 0 N–H and O–H groups in total. The lowest BCUT2D eigenvalue weighted by Gasteiger charge is -2.28. The number of rotatable bonds is 8. The van der Waals surface area contributed by atoms with E-state index in [-0.39, 0.29) is 0 Å². The molecule has 28 heavy (non-hydrogen) atoms. The molecule has 1 saturated heterocycles. The van der Waals surface area contributed by atoms with Gasteiger partial charge in [-0.15, -0.1) is 0 Å². The summed E-state index contributed by atoms with van der Waals surface area (Å²) >= 11 is 0. The Hall–Kier alpha value is -1.70. The van der Waals surface area contributed by atoms with E-state index in [0.29, 0.717) is 24.0 Å². The minimum Gasteiger partial charge on any atom is -0.494 e. The molecular formula is C21H33N3O3Si. The van der Waals surface area contributed by atoms with Crippen LogP contribution in [0.15, 0.2) is 12.4 Å². The lowest BCUT2D eigenvalue weighted by Crippen LogP contribution is -2.29. The fourth-order valence-electron chi connectivity index (χ4n) is 3.83. The maximum atomic E-state index is 11.9. The number of nitrogens with zero attached hydrogens (tertiary/aromatic N) is 3. The number of aldehydes is 1. The van der Waals surface area contributed by atoms with Gasteiger partial charge < -0.3 is 18.9 Å². The summed E-state index contributed by atoms with van der Waals surface area (Å²) in [5.74, 6) is 0.973. The molecule has 3 rings (SSSR count). The number of piperidine rings is 1. The number of carbonyl (C=O) groups excluding carboxylic acids is 1. The smallest absolute Gasteiger partial charge is 0.156 e. The molecule has 2 aromatic rings. The number of pyridine rings is 1. The van der Waals surface area contributed by atoms with Gasteiger partial charge in [0.2, 0.25) is 0 Å². The Morgan fingerprint density at radius 2 is 2.00 bits per heavy atom. The van der Waals surface area contributed by atoms with E-state index >= 15 is 0 Å². The van der Waals surface area contributed by atoms with Gasteiger partial charge in [-0.05, 0) is 50.5 Å². The summed E-state index contributed by atoms with van der Waals surface area (Å²) in [4.78, 5) is 18.9. The molecule has 0 amide bonds. The summed E-state index contributed by atoms with van der Waals surface area (Å²) in [5, 5.41) is 0. The molecule has 0 spiro atoms. The van der Waals surface area contributed by atoms with Crippen molar-refractivity contribution >= 4 is 25.4 Å². The van der Waals surface area contributed by atoms with Crippen molar-refractivity contribution in [1.82, 2.24) is 14.5 Å². The van der Waals surface area contributed by atoms with Crippen LogP contribution in [-0.2, 0) is 11.5 Å². The van der Waals surface area contributed by atoms with Crippen LogP contribution in [0.1, 0.15) is 34.7 Å². The fraction of sp³-hybridized carbons (Fsp3) is 0.619. The maximum Gasteiger partial charge on any atom is 0.156 e. The standard InChI is InChI=1S/C21H33N3O3Si/c1-23-8-6-16(7-9-23)17-13-24(15-27-10-11-28(3,4)5)21-18(14-25)19(26-2)12-22-20(17)21/h12-14,16H,6-11,15H2,1-5H3. The number of aromatic nitrogens is 2. The van der Waals surface area contributed by atoms with Crippen LogP contribution in [0.5, 0.6) is 5.75 Å². The van der Waals surface area contributed by atoms with Crippen LogP contribution in [0.2, 0.25) is 25.7 Å². The Kier molecular flexibility index (Phi) is 6.57. The van der Waals surface area contributed by atoms with E-state index in [1.807, 2.05) is 4.57 Å². The Balaban J connectivity index is 1.94. The predicted octanol–water partition coefficient (Wildman–Crippen LogP) is 3.98. The van der Waals surface area contributed by atoms with Crippen molar-refractivity contribution in [2.45, 2.75) is 51.2 Å². The average Bonchev–Trinajstić information content (AvgIpc) is 3.03. The van der Waals surface area contributed by atoms with Crippen LogP contribution in [0.25, 0.3) is 11.0 Å². The van der Waals surface area contributed by atoms with E-state index in [1.54, 1.807) is 13.3 Å². The second-order valence-electron chi connectivity index (χ2n) is 9.04. The summed E-state index contributed by atoms with van der Waals surface area (Å²) in [6.07, 6.45) is 6.90. The molecule has 0 aromatic carbocycles. The summed E-state index contributed by atoms with van der Waals surface area (Å²) < 4.78 is 13.4. The number of ether oxygens (including phenoxy) is 2. The molecule has 0 saturated carbocycles. The minimum absolute atomic E-state index is 0.434. The SMILES string of the molecule is COc1cnc2c(C3CCN(C)CC3)cn(COCC[Si](C)(C)C)c2c1C=O. The van der Waals surface area contributed by atoms with Gasteiger partial charge in [-0.2, -0.15) is 0 Å². The Bertz CT molecular complexity index is 820. The van der Waals surface area contributed by atoms with Gasteiger partial charge in [-0.3, -0.25) is 9.78 Å². The van der Waals surface area contributed by atoms with Crippen molar-refractivity contribution in [3.05, 3.63) is 23.5 Å². The summed E-state index contributed by atoms with van der Waals surface area (Å²) in [6, 6.07) is 1.12. The molecule has 154 valence electrons. The molecule has 1 aliphatic rings. The average molecular weight is 404 g/mol. The number of likely N-dealkylation sites (tertiary alicyclic amines) is 1. The maximum absolute atomic E-state index is 11.9. The molecule has 3 heterocycles. The molecule has 0 radical (unpaired) electrons. The van der Waals surface area contributed by atoms with E-state index in [2.05, 4.69) is 42.8 Å². The van der Waals surface area contributed by atoms with Crippen LogP contribution in [0, 0.1) is 0 Å². The highest BCUT2D eigenvalue weighted by atomic mass is 28.3. The first-order valence-electron chi connectivity index (χ1n) is 10.1. The zero-order chi connectivity index (χ0) is 20.3. The largest absolute Gasteiger partial charge is 0.494 e. The van der Waals surface area contributed by atoms with E-state index in [1.165, 1.54) is 5.56 Å². The van der Waals surface area contributed by atoms with Gasteiger partial charge in [0.05, 0.1) is 29.9 Å². The molecule has 0 aliphatic carbocycles. The van der Waals surface area contributed by atoms with Crippen LogP contribution < -0.4 is 4.74 Å². The first kappa shape index (κ1) is 21.0. The van der Waals surface area contributed by atoms with Gasteiger partial charge in [0.1, 0.15) is 12.5 Å². The third-order valence-electron chi connectivity index (χ3n) is 5.63. The van der Waals surface area contributed by atoms with Gasteiger partial charge in [0.15, 0.2) is 6.29 Å². The molecule has 1 fully saturated rings. The molecule has 0 unspecified atom stereocenters. The van der Waals surface area contributed by atoms with Crippen molar-refractivity contribution in [2.24, 2.45) is 0 Å². The second-order valence-corrected chi connectivity index (χ2v) is 14.7. The molecule has 7 heteroatoms. The van der Waals surface area contributed by atoms with Crippen molar-refractivity contribution in [3.8, 4) is 5.75 Å². The quantitative estimate of drug-likeness (QED) is 0.379. The molecule has 0 bridgehead atoms. The number of methoxy groups -OCH3 is 1. The number of carbonyl (C=O) groups is 1. The van der Waals surface area contributed by atoms with E-state index in [9.17, 15) is 4.79 Å². The third-order valence-corrected chi connectivity index (χ3v) is 7.34.